The van der Waals surface area contributed by atoms with E-state index in [2.05, 4.69) is 20.2 Å². The maximum Gasteiger partial charge on any atom is 0.120 e. The lowest BCUT2D eigenvalue weighted by molar-refractivity contribution is 0.152. The first-order valence-corrected chi connectivity index (χ1v) is 6.81. The summed E-state index contributed by atoms with van der Waals surface area (Å²) in [4.78, 5) is 9.88. The van der Waals surface area contributed by atoms with Crippen LogP contribution in [-0.2, 0) is 11.3 Å². The molecule has 2 N–H and O–H groups in total. The molecule has 1 aliphatic heterocycles. The van der Waals surface area contributed by atoms with Crippen LogP contribution in [0.3, 0.4) is 0 Å². The second kappa shape index (κ2) is 7.51. The fraction of sp³-hybridized carbons (Fsp3) is 0.769. The highest BCUT2D eigenvalue weighted by Crippen LogP contribution is 2.11. The van der Waals surface area contributed by atoms with E-state index < -0.39 is 0 Å². The van der Waals surface area contributed by atoms with Crippen molar-refractivity contribution in [1.82, 2.24) is 20.2 Å². The van der Waals surface area contributed by atoms with Crippen molar-refractivity contribution < 1.29 is 4.74 Å². The molecule has 1 aliphatic rings. The van der Waals surface area contributed by atoms with Crippen molar-refractivity contribution in [1.29, 1.82) is 0 Å². The standard InChI is InChI=1S/C13H24N4O/c1-18-10-2-7-17-8-3-12(4-9-17)16-11-13-14-5-6-15-13/h5-6,12,16H,2-4,7-11H2,1H3,(H,14,15). The molecule has 18 heavy (non-hydrogen) atoms. The number of rotatable bonds is 7. The van der Waals surface area contributed by atoms with Crippen LogP contribution < -0.4 is 5.32 Å². The average Bonchev–Trinajstić information content (AvgIpc) is 2.91. The van der Waals surface area contributed by atoms with Gasteiger partial charge < -0.3 is 19.9 Å². The average molecular weight is 252 g/mol. The first-order valence-electron chi connectivity index (χ1n) is 6.81. The molecule has 0 saturated carbocycles. The van der Waals surface area contributed by atoms with Gasteiger partial charge in [-0.25, -0.2) is 4.98 Å². The second-order valence-corrected chi connectivity index (χ2v) is 4.88. The minimum Gasteiger partial charge on any atom is -0.385 e. The van der Waals surface area contributed by atoms with E-state index in [1.165, 1.54) is 32.5 Å². The van der Waals surface area contributed by atoms with Crippen LogP contribution >= 0.6 is 0 Å². The molecule has 5 heteroatoms. The lowest BCUT2D eigenvalue weighted by atomic mass is 10.0. The van der Waals surface area contributed by atoms with Crippen LogP contribution in [0.2, 0.25) is 0 Å². The SMILES string of the molecule is COCCCN1CCC(NCc2ncc[nH]2)CC1. The fourth-order valence-electron chi connectivity index (χ4n) is 2.43. The second-order valence-electron chi connectivity index (χ2n) is 4.88. The van der Waals surface area contributed by atoms with Crippen LogP contribution in [0.25, 0.3) is 0 Å². The van der Waals surface area contributed by atoms with Crippen molar-refractivity contribution in [3.8, 4) is 0 Å². The van der Waals surface area contributed by atoms with Gasteiger partial charge >= 0.3 is 0 Å². The Hall–Kier alpha value is -0.910. The summed E-state index contributed by atoms with van der Waals surface area (Å²) < 4.78 is 5.08. The van der Waals surface area contributed by atoms with Gasteiger partial charge in [-0.1, -0.05) is 0 Å². The highest BCUT2D eigenvalue weighted by atomic mass is 16.5. The summed E-state index contributed by atoms with van der Waals surface area (Å²) in [5, 5.41) is 3.57. The Balaban J connectivity index is 1.58. The Morgan fingerprint density at radius 2 is 2.33 bits per heavy atom. The summed E-state index contributed by atoms with van der Waals surface area (Å²) in [6.07, 6.45) is 7.27. The minimum atomic E-state index is 0.633. The van der Waals surface area contributed by atoms with E-state index in [1.54, 1.807) is 13.3 Å². The van der Waals surface area contributed by atoms with Crippen molar-refractivity contribution in [2.75, 3.05) is 33.4 Å². The molecule has 0 unspecified atom stereocenters. The molecule has 0 aromatic carbocycles. The first-order chi connectivity index (χ1) is 8.88. The van der Waals surface area contributed by atoms with Crippen molar-refractivity contribution in [3.63, 3.8) is 0 Å². The maximum absolute atomic E-state index is 5.08. The topological polar surface area (TPSA) is 53.2 Å². The van der Waals surface area contributed by atoms with Gasteiger partial charge in [0.15, 0.2) is 0 Å². The van der Waals surface area contributed by atoms with Crippen LogP contribution in [0.15, 0.2) is 12.4 Å². The zero-order chi connectivity index (χ0) is 12.6. The minimum absolute atomic E-state index is 0.633. The summed E-state index contributed by atoms with van der Waals surface area (Å²) >= 11 is 0. The molecule has 0 amide bonds. The number of methoxy groups -OCH3 is 1. The molecule has 1 aromatic rings. The van der Waals surface area contributed by atoms with Gasteiger partial charge in [-0.15, -0.1) is 0 Å². The lowest BCUT2D eigenvalue weighted by Crippen LogP contribution is -2.42. The van der Waals surface area contributed by atoms with Crippen molar-refractivity contribution in [2.45, 2.75) is 31.8 Å². The highest BCUT2D eigenvalue weighted by Gasteiger charge is 2.18. The van der Waals surface area contributed by atoms with Gasteiger partial charge in [-0.2, -0.15) is 0 Å². The predicted molar refractivity (Wildman–Crippen MR) is 71.4 cm³/mol. The number of nitrogens with one attached hydrogen (secondary N) is 2. The quantitative estimate of drug-likeness (QED) is 0.711. The largest absolute Gasteiger partial charge is 0.385 e. The number of ether oxygens (including phenoxy) is 1. The monoisotopic (exact) mass is 252 g/mol. The van der Waals surface area contributed by atoms with Gasteiger partial charge in [-0.3, -0.25) is 0 Å². The molecule has 2 rings (SSSR count). The highest BCUT2D eigenvalue weighted by molar-refractivity contribution is 4.87. The Bertz CT molecular complexity index is 307. The van der Waals surface area contributed by atoms with Crippen molar-refractivity contribution in [3.05, 3.63) is 18.2 Å². The van der Waals surface area contributed by atoms with Gasteiger partial charge in [0, 0.05) is 38.7 Å². The number of hydrogen-bond donors (Lipinski definition) is 2. The molecular weight excluding hydrogens is 228 g/mol. The maximum atomic E-state index is 5.08. The normalized spacial score (nSPS) is 18.3. The van der Waals surface area contributed by atoms with Crippen LogP contribution in [0.1, 0.15) is 25.1 Å². The summed E-state index contributed by atoms with van der Waals surface area (Å²) in [7, 11) is 1.77. The van der Waals surface area contributed by atoms with Crippen LogP contribution in [0.5, 0.6) is 0 Å². The summed E-state index contributed by atoms with van der Waals surface area (Å²) in [6.45, 7) is 5.27. The van der Waals surface area contributed by atoms with E-state index in [4.69, 9.17) is 4.74 Å². The van der Waals surface area contributed by atoms with Crippen molar-refractivity contribution >= 4 is 0 Å². The van der Waals surface area contributed by atoms with E-state index in [0.717, 1.165) is 25.4 Å². The zero-order valence-corrected chi connectivity index (χ0v) is 11.2. The van der Waals surface area contributed by atoms with Gasteiger partial charge in [0.2, 0.25) is 0 Å². The number of nitrogens with zero attached hydrogens (tertiary/aromatic N) is 2. The third kappa shape index (κ3) is 4.40. The Morgan fingerprint density at radius 1 is 1.50 bits per heavy atom. The van der Waals surface area contributed by atoms with Gasteiger partial charge in [0.1, 0.15) is 5.82 Å². The number of likely N-dealkylation sites (tertiary alicyclic amines) is 1. The van der Waals surface area contributed by atoms with E-state index >= 15 is 0 Å². The van der Waals surface area contributed by atoms with Crippen molar-refractivity contribution in [2.24, 2.45) is 0 Å². The summed E-state index contributed by atoms with van der Waals surface area (Å²) in [5.41, 5.74) is 0. The zero-order valence-electron chi connectivity index (χ0n) is 11.2. The third-order valence-electron chi connectivity index (χ3n) is 3.52. The number of hydrogen-bond acceptors (Lipinski definition) is 4. The molecule has 0 bridgehead atoms. The fourth-order valence-corrected chi connectivity index (χ4v) is 2.43. The number of imidazole rings is 1. The van der Waals surface area contributed by atoms with Gasteiger partial charge in [0.05, 0.1) is 6.54 Å². The predicted octanol–water partition coefficient (Wildman–Crippen LogP) is 1.00. The molecule has 1 fully saturated rings. The van der Waals surface area contributed by atoms with E-state index in [-0.39, 0.29) is 0 Å². The molecule has 0 atom stereocenters. The molecule has 2 heterocycles. The van der Waals surface area contributed by atoms with E-state index in [1.807, 2.05) is 6.20 Å². The Kier molecular flexibility index (Phi) is 5.64. The summed E-state index contributed by atoms with van der Waals surface area (Å²) in [5.74, 6) is 1.03. The smallest absolute Gasteiger partial charge is 0.120 e. The number of aromatic nitrogens is 2. The molecule has 1 saturated heterocycles. The van der Waals surface area contributed by atoms with Crippen LogP contribution in [0.4, 0.5) is 0 Å². The molecule has 102 valence electrons. The number of piperidine rings is 1. The molecule has 0 aliphatic carbocycles. The summed E-state index contributed by atoms with van der Waals surface area (Å²) in [6, 6.07) is 0.633. The van der Waals surface area contributed by atoms with E-state index in [0.29, 0.717) is 6.04 Å². The lowest BCUT2D eigenvalue weighted by Gasteiger charge is -2.32. The third-order valence-corrected chi connectivity index (χ3v) is 3.52. The Morgan fingerprint density at radius 3 is 3.00 bits per heavy atom. The van der Waals surface area contributed by atoms with Crippen LogP contribution in [0, 0.1) is 0 Å². The van der Waals surface area contributed by atoms with Crippen LogP contribution in [-0.4, -0.2) is 54.3 Å². The Labute approximate surface area is 109 Å². The number of H-pyrrole nitrogens is 1. The molecule has 0 radical (unpaired) electrons. The van der Waals surface area contributed by atoms with Gasteiger partial charge in [-0.05, 0) is 32.4 Å². The van der Waals surface area contributed by atoms with E-state index in [9.17, 15) is 0 Å². The number of aromatic amines is 1. The molecule has 5 nitrogen and oxygen atoms in total. The molecule has 1 aromatic heterocycles. The molecular formula is C13H24N4O. The van der Waals surface area contributed by atoms with Gasteiger partial charge in [0.25, 0.3) is 0 Å². The molecule has 0 spiro atoms. The first kappa shape index (κ1) is 13.5.